The maximum Gasteiger partial charge on any atom is 0.254 e. The summed E-state index contributed by atoms with van der Waals surface area (Å²) in [5.41, 5.74) is -0.0447. The summed E-state index contributed by atoms with van der Waals surface area (Å²) in [5.74, 6) is -0.988. The third-order valence-electron chi connectivity index (χ3n) is 3.53. The van der Waals surface area contributed by atoms with Gasteiger partial charge in [0.1, 0.15) is 11.6 Å². The molecule has 0 radical (unpaired) electrons. The average molecular weight is 267 g/mol. The number of nitrogens with one attached hydrogen (secondary N) is 1. The van der Waals surface area contributed by atoms with Crippen molar-refractivity contribution in [2.45, 2.75) is 25.8 Å². The Morgan fingerprint density at radius 3 is 2.79 bits per heavy atom. The summed E-state index contributed by atoms with van der Waals surface area (Å²) in [6, 6.07) is 3.51. The molecule has 2 rings (SSSR count). The van der Waals surface area contributed by atoms with Gasteiger partial charge in [-0.15, -0.1) is 0 Å². The highest BCUT2D eigenvalue weighted by molar-refractivity contribution is 5.94. The van der Waals surface area contributed by atoms with Gasteiger partial charge in [0.15, 0.2) is 0 Å². The van der Waals surface area contributed by atoms with Crippen LogP contribution in [0.4, 0.5) is 4.39 Å². The van der Waals surface area contributed by atoms with Crippen LogP contribution in [0.3, 0.4) is 0 Å². The summed E-state index contributed by atoms with van der Waals surface area (Å²) in [6.07, 6.45) is 1.80. The van der Waals surface area contributed by atoms with Crippen molar-refractivity contribution in [1.82, 2.24) is 5.32 Å². The lowest BCUT2D eigenvalue weighted by atomic mass is 9.93. The normalized spacial score (nSPS) is 18.0. The first kappa shape index (κ1) is 13.8. The molecular formula is C14H18FNO3. The Balaban J connectivity index is 1.99. The van der Waals surface area contributed by atoms with Gasteiger partial charge in [-0.2, -0.15) is 0 Å². The van der Waals surface area contributed by atoms with E-state index in [-0.39, 0.29) is 17.4 Å². The minimum absolute atomic E-state index is 0.0235. The molecule has 1 heterocycles. The third kappa shape index (κ3) is 3.44. The molecule has 0 spiro atoms. The molecule has 1 aromatic carbocycles. The smallest absolute Gasteiger partial charge is 0.254 e. The number of carbonyl (C=O) groups excluding carboxylic acids is 1. The molecule has 0 aliphatic carbocycles. The quantitative estimate of drug-likeness (QED) is 0.881. The highest BCUT2D eigenvalue weighted by atomic mass is 19.1. The Labute approximate surface area is 111 Å². The van der Waals surface area contributed by atoms with Crippen molar-refractivity contribution < 1.29 is 19.0 Å². The Morgan fingerprint density at radius 1 is 1.47 bits per heavy atom. The lowest BCUT2D eigenvalue weighted by molar-refractivity contribution is 0.0537. The second kappa shape index (κ2) is 6.02. The fourth-order valence-corrected chi connectivity index (χ4v) is 2.31. The minimum Gasteiger partial charge on any atom is -0.508 e. The molecule has 1 aliphatic heterocycles. The van der Waals surface area contributed by atoms with Crippen molar-refractivity contribution in [2.75, 3.05) is 13.2 Å². The molecule has 1 fully saturated rings. The first-order chi connectivity index (χ1) is 9.08. The van der Waals surface area contributed by atoms with E-state index in [1.54, 1.807) is 0 Å². The van der Waals surface area contributed by atoms with Gasteiger partial charge in [0.25, 0.3) is 5.91 Å². The van der Waals surface area contributed by atoms with E-state index in [0.717, 1.165) is 18.9 Å². The molecule has 1 amide bonds. The monoisotopic (exact) mass is 267 g/mol. The van der Waals surface area contributed by atoms with Crippen LogP contribution < -0.4 is 5.32 Å². The van der Waals surface area contributed by atoms with Crippen molar-refractivity contribution in [3.8, 4) is 5.75 Å². The van der Waals surface area contributed by atoms with E-state index in [4.69, 9.17) is 9.84 Å². The molecule has 5 heteroatoms. The van der Waals surface area contributed by atoms with Gasteiger partial charge in [-0.25, -0.2) is 4.39 Å². The second-order valence-corrected chi connectivity index (χ2v) is 4.88. The zero-order valence-electron chi connectivity index (χ0n) is 10.9. The van der Waals surface area contributed by atoms with Crippen molar-refractivity contribution in [3.05, 3.63) is 29.6 Å². The number of halogens is 1. The Bertz CT molecular complexity index is 458. The second-order valence-electron chi connectivity index (χ2n) is 4.88. The maximum absolute atomic E-state index is 13.6. The van der Waals surface area contributed by atoms with Gasteiger partial charge in [-0.05, 0) is 37.8 Å². The molecule has 1 saturated heterocycles. The summed E-state index contributed by atoms with van der Waals surface area (Å²) >= 11 is 0. The van der Waals surface area contributed by atoms with E-state index in [2.05, 4.69) is 5.32 Å². The number of aromatic hydroxyl groups is 1. The van der Waals surface area contributed by atoms with Crippen LogP contribution in [0.2, 0.25) is 0 Å². The third-order valence-corrected chi connectivity index (χ3v) is 3.53. The number of hydrogen-bond donors (Lipinski definition) is 2. The maximum atomic E-state index is 13.6. The Kier molecular flexibility index (Phi) is 4.37. The van der Waals surface area contributed by atoms with Crippen molar-refractivity contribution >= 4 is 5.91 Å². The van der Waals surface area contributed by atoms with Gasteiger partial charge < -0.3 is 15.2 Å². The van der Waals surface area contributed by atoms with Crippen LogP contribution in [0.15, 0.2) is 18.2 Å². The lowest BCUT2D eigenvalue weighted by Gasteiger charge is -2.28. The van der Waals surface area contributed by atoms with Crippen LogP contribution in [-0.2, 0) is 4.74 Å². The number of rotatable bonds is 3. The van der Waals surface area contributed by atoms with Gasteiger partial charge in [0.2, 0.25) is 0 Å². The van der Waals surface area contributed by atoms with Crippen molar-refractivity contribution in [1.29, 1.82) is 0 Å². The van der Waals surface area contributed by atoms with Crippen LogP contribution in [0.1, 0.15) is 30.1 Å². The fourth-order valence-electron chi connectivity index (χ4n) is 2.31. The highest BCUT2D eigenvalue weighted by Gasteiger charge is 2.23. The SMILES string of the molecule is CC(NC(=O)c1ccc(O)cc1F)C1CCOCC1. The van der Waals surface area contributed by atoms with Gasteiger partial charge in [0, 0.05) is 25.3 Å². The predicted octanol–water partition coefficient (Wildman–Crippen LogP) is 2.08. The average Bonchev–Trinajstić information content (AvgIpc) is 2.39. The van der Waals surface area contributed by atoms with Gasteiger partial charge in [-0.1, -0.05) is 0 Å². The minimum atomic E-state index is -0.711. The van der Waals surface area contributed by atoms with Crippen LogP contribution in [0.25, 0.3) is 0 Å². The molecule has 1 aromatic rings. The molecule has 1 unspecified atom stereocenters. The van der Waals surface area contributed by atoms with E-state index < -0.39 is 11.7 Å². The van der Waals surface area contributed by atoms with Crippen molar-refractivity contribution in [3.63, 3.8) is 0 Å². The highest BCUT2D eigenvalue weighted by Crippen LogP contribution is 2.20. The Morgan fingerprint density at radius 2 is 2.16 bits per heavy atom. The van der Waals surface area contributed by atoms with Gasteiger partial charge >= 0.3 is 0 Å². The molecule has 0 saturated carbocycles. The van der Waals surface area contributed by atoms with Crippen LogP contribution >= 0.6 is 0 Å². The summed E-state index contributed by atoms with van der Waals surface area (Å²) in [7, 11) is 0. The summed E-state index contributed by atoms with van der Waals surface area (Å²) < 4.78 is 18.8. The number of hydrogen-bond acceptors (Lipinski definition) is 3. The number of ether oxygens (including phenoxy) is 1. The van der Waals surface area contributed by atoms with Gasteiger partial charge in [0.05, 0.1) is 5.56 Å². The standard InChI is InChI=1S/C14H18FNO3/c1-9(10-4-6-19-7-5-10)16-14(18)12-3-2-11(17)8-13(12)15/h2-3,8-10,17H,4-7H2,1H3,(H,16,18). The first-order valence-corrected chi connectivity index (χ1v) is 6.45. The number of carbonyl (C=O) groups is 1. The molecule has 104 valence electrons. The predicted molar refractivity (Wildman–Crippen MR) is 68.5 cm³/mol. The van der Waals surface area contributed by atoms with Crippen molar-refractivity contribution in [2.24, 2.45) is 5.92 Å². The Hall–Kier alpha value is -1.62. The molecule has 4 nitrogen and oxygen atoms in total. The van der Waals surface area contributed by atoms with E-state index >= 15 is 0 Å². The van der Waals surface area contributed by atoms with E-state index in [9.17, 15) is 9.18 Å². The van der Waals surface area contributed by atoms with E-state index in [1.165, 1.54) is 12.1 Å². The molecule has 1 atom stereocenters. The number of amides is 1. The topological polar surface area (TPSA) is 58.6 Å². The van der Waals surface area contributed by atoms with Gasteiger partial charge in [-0.3, -0.25) is 4.79 Å². The summed E-state index contributed by atoms with van der Waals surface area (Å²) in [6.45, 7) is 3.34. The molecule has 0 bridgehead atoms. The molecular weight excluding hydrogens is 249 g/mol. The number of benzene rings is 1. The largest absolute Gasteiger partial charge is 0.508 e. The summed E-state index contributed by atoms with van der Waals surface area (Å²) in [4.78, 5) is 12.0. The molecule has 19 heavy (non-hydrogen) atoms. The lowest BCUT2D eigenvalue weighted by Crippen LogP contribution is -2.40. The number of phenolic OH excluding ortho intramolecular Hbond substituents is 1. The molecule has 0 aromatic heterocycles. The van der Waals surface area contributed by atoms with Crippen LogP contribution in [0.5, 0.6) is 5.75 Å². The first-order valence-electron chi connectivity index (χ1n) is 6.45. The van der Waals surface area contributed by atoms with E-state index in [1.807, 2.05) is 6.92 Å². The zero-order chi connectivity index (χ0) is 13.8. The van der Waals surface area contributed by atoms with Crippen LogP contribution in [0, 0.1) is 11.7 Å². The zero-order valence-corrected chi connectivity index (χ0v) is 10.9. The van der Waals surface area contributed by atoms with E-state index in [0.29, 0.717) is 19.1 Å². The number of phenols is 1. The van der Waals surface area contributed by atoms with Crippen LogP contribution in [-0.4, -0.2) is 30.3 Å². The molecule has 1 aliphatic rings. The summed E-state index contributed by atoms with van der Waals surface area (Å²) in [5, 5.41) is 11.9. The fraction of sp³-hybridized carbons (Fsp3) is 0.500. The molecule has 2 N–H and O–H groups in total.